The van der Waals surface area contributed by atoms with Gasteiger partial charge in [0, 0.05) is 17.9 Å². The van der Waals surface area contributed by atoms with Crippen LogP contribution in [0.2, 0.25) is 0 Å². The van der Waals surface area contributed by atoms with Crippen molar-refractivity contribution < 1.29 is 9.84 Å². The van der Waals surface area contributed by atoms with Crippen molar-refractivity contribution in [3.63, 3.8) is 0 Å². The van der Waals surface area contributed by atoms with Crippen molar-refractivity contribution in [3.8, 4) is 0 Å². The van der Waals surface area contributed by atoms with Crippen LogP contribution in [-0.2, 0) is 4.74 Å². The number of aliphatic hydroxyl groups is 1. The van der Waals surface area contributed by atoms with Gasteiger partial charge in [-0.05, 0) is 6.42 Å². The van der Waals surface area contributed by atoms with Crippen LogP contribution in [0.1, 0.15) is 20.3 Å². The highest BCUT2D eigenvalue weighted by Crippen LogP contribution is 2.51. The van der Waals surface area contributed by atoms with Gasteiger partial charge in [0.05, 0.1) is 12.2 Å². The topological polar surface area (TPSA) is 29.5 Å². The predicted molar refractivity (Wildman–Crippen MR) is 37.6 cm³/mol. The second kappa shape index (κ2) is 1.74. The Morgan fingerprint density at radius 3 is 2.80 bits per heavy atom. The van der Waals surface area contributed by atoms with E-state index in [1.165, 1.54) is 0 Å². The molecule has 3 atom stereocenters. The van der Waals surface area contributed by atoms with E-state index in [9.17, 15) is 5.11 Å². The maximum atomic E-state index is 9.57. The monoisotopic (exact) mass is 142 g/mol. The lowest BCUT2D eigenvalue weighted by molar-refractivity contribution is -0.181. The number of hydrogen-bond acceptors (Lipinski definition) is 2. The molecule has 0 amide bonds. The van der Waals surface area contributed by atoms with Crippen molar-refractivity contribution in [1.29, 1.82) is 0 Å². The van der Waals surface area contributed by atoms with Gasteiger partial charge in [-0.3, -0.25) is 0 Å². The Morgan fingerprint density at radius 1 is 1.50 bits per heavy atom. The minimum atomic E-state index is -0.125. The van der Waals surface area contributed by atoms with Crippen molar-refractivity contribution in [1.82, 2.24) is 0 Å². The molecule has 0 aromatic heterocycles. The lowest BCUT2D eigenvalue weighted by Gasteiger charge is -2.51. The number of fused-ring (bicyclic) bond motifs is 1. The van der Waals surface area contributed by atoms with Crippen molar-refractivity contribution >= 4 is 0 Å². The first kappa shape index (κ1) is 6.62. The quantitative estimate of drug-likeness (QED) is 0.542. The molecule has 0 spiro atoms. The van der Waals surface area contributed by atoms with E-state index in [-0.39, 0.29) is 11.5 Å². The maximum absolute atomic E-state index is 9.57. The molecule has 1 N–H and O–H groups in total. The van der Waals surface area contributed by atoms with Crippen LogP contribution in [0, 0.1) is 11.3 Å². The fraction of sp³-hybridized carbons (Fsp3) is 1.00. The van der Waals surface area contributed by atoms with Crippen LogP contribution >= 0.6 is 0 Å². The van der Waals surface area contributed by atoms with E-state index in [0.717, 1.165) is 13.0 Å². The molecule has 2 rings (SSSR count). The van der Waals surface area contributed by atoms with E-state index in [2.05, 4.69) is 13.8 Å². The molecular formula is C8H14O2. The Labute approximate surface area is 61.2 Å². The van der Waals surface area contributed by atoms with Crippen molar-refractivity contribution in [2.75, 3.05) is 6.61 Å². The zero-order valence-electron chi connectivity index (χ0n) is 6.50. The van der Waals surface area contributed by atoms with Gasteiger partial charge >= 0.3 is 0 Å². The average molecular weight is 142 g/mol. The van der Waals surface area contributed by atoms with Gasteiger partial charge in [0.1, 0.15) is 0 Å². The normalized spacial score (nSPS) is 50.1. The third-order valence-corrected chi connectivity index (χ3v) is 3.04. The molecule has 0 bridgehead atoms. The zero-order valence-corrected chi connectivity index (χ0v) is 6.50. The molecule has 58 valence electrons. The van der Waals surface area contributed by atoms with Crippen LogP contribution in [0.3, 0.4) is 0 Å². The second-order valence-electron chi connectivity index (χ2n) is 4.01. The smallest absolute Gasteiger partial charge is 0.0704 e. The second-order valence-corrected chi connectivity index (χ2v) is 4.01. The Kier molecular flexibility index (Phi) is 1.15. The van der Waals surface area contributed by atoms with Crippen LogP contribution in [0.15, 0.2) is 0 Å². The van der Waals surface area contributed by atoms with Crippen molar-refractivity contribution in [3.05, 3.63) is 0 Å². The van der Waals surface area contributed by atoms with E-state index < -0.39 is 0 Å². The minimum Gasteiger partial charge on any atom is -0.392 e. The highest BCUT2D eigenvalue weighted by atomic mass is 16.5. The molecular weight excluding hydrogens is 128 g/mol. The van der Waals surface area contributed by atoms with Crippen LogP contribution in [0.4, 0.5) is 0 Å². The third-order valence-electron chi connectivity index (χ3n) is 3.04. The van der Waals surface area contributed by atoms with Crippen LogP contribution in [0.5, 0.6) is 0 Å². The predicted octanol–water partition coefficient (Wildman–Crippen LogP) is 0.792. The number of ether oxygens (including phenoxy) is 1. The summed E-state index contributed by atoms with van der Waals surface area (Å²) in [5.74, 6) is 0.440. The SMILES string of the molecule is CC1(C)[C@@H](O)[C@@H]2CCO[C@@H]21. The zero-order chi connectivity index (χ0) is 7.35. The number of rotatable bonds is 0. The summed E-state index contributed by atoms with van der Waals surface area (Å²) in [6.07, 6.45) is 1.26. The summed E-state index contributed by atoms with van der Waals surface area (Å²) in [6.45, 7) is 4.99. The largest absolute Gasteiger partial charge is 0.392 e. The highest BCUT2D eigenvalue weighted by Gasteiger charge is 2.58. The fourth-order valence-electron chi connectivity index (χ4n) is 2.30. The van der Waals surface area contributed by atoms with Gasteiger partial charge < -0.3 is 9.84 Å². The first-order chi connectivity index (χ1) is 4.64. The van der Waals surface area contributed by atoms with Crippen LogP contribution in [0.25, 0.3) is 0 Å². The standard InChI is InChI=1S/C8H14O2/c1-8(2)6(9)5-3-4-10-7(5)8/h5-7,9H,3-4H2,1-2H3/t5-,6-,7-/m0/s1. The van der Waals surface area contributed by atoms with E-state index in [1.807, 2.05) is 0 Å². The molecule has 2 nitrogen and oxygen atoms in total. The highest BCUT2D eigenvalue weighted by molar-refractivity contribution is 5.07. The third kappa shape index (κ3) is 0.565. The Hall–Kier alpha value is -0.0800. The van der Waals surface area contributed by atoms with Gasteiger partial charge in [0.2, 0.25) is 0 Å². The van der Waals surface area contributed by atoms with Crippen LogP contribution in [-0.4, -0.2) is 23.9 Å². The molecule has 10 heavy (non-hydrogen) atoms. The van der Waals surface area contributed by atoms with E-state index in [1.54, 1.807) is 0 Å². The van der Waals surface area contributed by atoms with Crippen molar-refractivity contribution in [2.24, 2.45) is 11.3 Å². The molecule has 1 aliphatic heterocycles. The molecule has 1 saturated heterocycles. The molecule has 0 unspecified atom stereocenters. The summed E-state index contributed by atoms with van der Waals surface area (Å²) in [5, 5.41) is 9.57. The minimum absolute atomic E-state index is 0.0150. The molecule has 1 heterocycles. The van der Waals surface area contributed by atoms with Gasteiger partial charge in [0.25, 0.3) is 0 Å². The van der Waals surface area contributed by atoms with Gasteiger partial charge in [-0.1, -0.05) is 13.8 Å². The summed E-state index contributed by atoms with van der Waals surface area (Å²) in [6, 6.07) is 0. The van der Waals surface area contributed by atoms with Gasteiger partial charge in [0.15, 0.2) is 0 Å². The molecule has 0 radical (unpaired) electrons. The summed E-state index contributed by atoms with van der Waals surface area (Å²) in [7, 11) is 0. The molecule has 2 aliphatic rings. The lowest BCUT2D eigenvalue weighted by atomic mass is 9.59. The molecule has 2 heteroatoms. The van der Waals surface area contributed by atoms with E-state index >= 15 is 0 Å². The Morgan fingerprint density at radius 2 is 2.20 bits per heavy atom. The van der Waals surface area contributed by atoms with E-state index in [0.29, 0.717) is 12.0 Å². The molecule has 1 saturated carbocycles. The summed E-state index contributed by atoms with van der Waals surface area (Å²) < 4.78 is 5.48. The molecule has 0 aromatic carbocycles. The van der Waals surface area contributed by atoms with Gasteiger partial charge in [-0.15, -0.1) is 0 Å². The number of aliphatic hydroxyl groups excluding tert-OH is 1. The Balaban J connectivity index is 2.15. The summed E-state index contributed by atoms with van der Waals surface area (Å²) >= 11 is 0. The summed E-state index contributed by atoms with van der Waals surface area (Å²) in [4.78, 5) is 0. The van der Waals surface area contributed by atoms with Crippen LogP contribution < -0.4 is 0 Å². The molecule has 0 aromatic rings. The molecule has 2 fully saturated rings. The van der Waals surface area contributed by atoms with Gasteiger partial charge in [-0.25, -0.2) is 0 Å². The van der Waals surface area contributed by atoms with Gasteiger partial charge in [-0.2, -0.15) is 0 Å². The first-order valence-corrected chi connectivity index (χ1v) is 3.93. The first-order valence-electron chi connectivity index (χ1n) is 3.93. The maximum Gasteiger partial charge on any atom is 0.0704 e. The number of hydrogen-bond donors (Lipinski definition) is 1. The van der Waals surface area contributed by atoms with E-state index in [4.69, 9.17) is 4.74 Å². The Bertz CT molecular complexity index is 153. The summed E-state index contributed by atoms with van der Waals surface area (Å²) in [5.41, 5.74) is 0.0150. The lowest BCUT2D eigenvalue weighted by Crippen LogP contribution is -2.59. The fourth-order valence-corrected chi connectivity index (χ4v) is 2.30. The molecule has 1 aliphatic carbocycles. The average Bonchev–Trinajstić information content (AvgIpc) is 2.31. The van der Waals surface area contributed by atoms with Crippen molar-refractivity contribution in [2.45, 2.75) is 32.5 Å².